The smallest absolute Gasteiger partial charge is 0.501 e. The van der Waals surface area contributed by atoms with Crippen LogP contribution in [0.4, 0.5) is 0 Å². The van der Waals surface area contributed by atoms with E-state index in [2.05, 4.69) is 193 Å². The largest absolute Gasteiger partial charge is 3.00 e. The van der Waals surface area contributed by atoms with Gasteiger partial charge in [-0.25, -0.2) is 4.98 Å². The third-order valence-electron chi connectivity index (χ3n) is 17.0. The van der Waals surface area contributed by atoms with Crippen LogP contribution in [0.5, 0.6) is 0 Å². The summed E-state index contributed by atoms with van der Waals surface area (Å²) in [5.74, 6) is 1.57. The normalized spacial score (nSPS) is 13.3. The third-order valence-corrected chi connectivity index (χ3v) is 17.0. The van der Waals surface area contributed by atoms with E-state index >= 15 is 0 Å². The van der Waals surface area contributed by atoms with Gasteiger partial charge in [-0.3, -0.25) is 8.97 Å². The number of furan rings is 1. The molecule has 0 spiro atoms. The molecule has 1 fully saturated rings. The van der Waals surface area contributed by atoms with E-state index < -0.39 is 0 Å². The second-order valence-corrected chi connectivity index (χ2v) is 23.0. The van der Waals surface area contributed by atoms with Gasteiger partial charge in [-0.05, 0) is 168 Å². The van der Waals surface area contributed by atoms with Crippen molar-refractivity contribution in [3.05, 3.63) is 265 Å². The van der Waals surface area contributed by atoms with E-state index in [1.54, 1.807) is 0 Å². The fraction of sp³-hybridized carbons (Fsp3) is 0.158. The Bertz CT molecular complexity index is 4680. The van der Waals surface area contributed by atoms with Gasteiger partial charge in [0.2, 0.25) is 5.78 Å². The summed E-state index contributed by atoms with van der Waals surface area (Å²) in [6, 6.07) is 79.9. The van der Waals surface area contributed by atoms with Gasteiger partial charge in [-0.15, -0.1) is 83.9 Å². The molecule has 0 unspecified atom stereocenters. The van der Waals surface area contributed by atoms with Crippen LogP contribution < -0.4 is 0 Å². The molecule has 6 heterocycles. The van der Waals surface area contributed by atoms with Gasteiger partial charge >= 0.3 is 20.1 Å². The molecule has 15 rings (SSSR count). The average Bonchev–Trinajstić information content (AvgIpc) is 2.16. The molecular formula is C76H61IrN6O. The van der Waals surface area contributed by atoms with Crippen LogP contribution in [-0.4, -0.2) is 28.9 Å². The first-order chi connectivity index (χ1) is 40.7. The Hall–Kier alpha value is -9.07. The molecule has 1 aliphatic carbocycles. The summed E-state index contributed by atoms with van der Waals surface area (Å²) in [5, 5.41) is 2.23. The Morgan fingerprint density at radius 3 is 2.23 bits per heavy atom. The molecule has 0 atom stereocenters. The Morgan fingerprint density at radius 1 is 0.583 bits per heavy atom. The van der Waals surface area contributed by atoms with Crippen molar-refractivity contribution in [2.24, 2.45) is 5.41 Å². The fourth-order valence-corrected chi connectivity index (χ4v) is 12.6. The molecule has 1 saturated carbocycles. The van der Waals surface area contributed by atoms with Crippen LogP contribution in [0.1, 0.15) is 73.3 Å². The van der Waals surface area contributed by atoms with E-state index in [0.717, 1.165) is 113 Å². The summed E-state index contributed by atoms with van der Waals surface area (Å²) in [5.41, 5.74) is 24.5. The SMILES string of the molecule is Cc1cc(C2CCC(C)(C)CC2)ccc1-c1cc(-c2[c-]ccc3c2oc2ccccc23)ncc1C.[Ir+3].[c-]1ccc(-c2cccc3nc4n(-c5ccccc5)c5ccc(CCc6cccnc6-c6[c-]cccc6)cc5n4c23)cc1-c1ccccn1. The molecular weight excluding hydrogens is 1210 g/mol. The first-order valence-electron chi connectivity index (χ1n) is 29.0. The van der Waals surface area contributed by atoms with Gasteiger partial charge in [0, 0.05) is 29.7 Å². The zero-order valence-corrected chi connectivity index (χ0v) is 49.9. The first kappa shape index (κ1) is 54.2. The van der Waals surface area contributed by atoms with Crippen molar-refractivity contribution in [2.45, 2.75) is 72.1 Å². The molecule has 0 N–H and O–H groups in total. The minimum Gasteiger partial charge on any atom is -0.501 e. The zero-order chi connectivity index (χ0) is 56.0. The third kappa shape index (κ3) is 10.4. The summed E-state index contributed by atoms with van der Waals surface area (Å²) < 4.78 is 10.9. The minimum atomic E-state index is 0. The second-order valence-electron chi connectivity index (χ2n) is 23.0. The van der Waals surface area contributed by atoms with E-state index in [1.165, 1.54) is 64.6 Å². The summed E-state index contributed by atoms with van der Waals surface area (Å²) in [7, 11) is 0. The van der Waals surface area contributed by atoms with Crippen LogP contribution in [0.25, 0.3) is 111 Å². The van der Waals surface area contributed by atoms with E-state index in [0.29, 0.717) is 11.3 Å². The zero-order valence-electron chi connectivity index (χ0n) is 47.5. The number of hydrogen-bond donors (Lipinski definition) is 0. The molecule has 0 bridgehead atoms. The first-order valence-corrected chi connectivity index (χ1v) is 29.0. The van der Waals surface area contributed by atoms with Crippen LogP contribution >= 0.6 is 0 Å². The van der Waals surface area contributed by atoms with Crippen LogP contribution in [0, 0.1) is 37.5 Å². The van der Waals surface area contributed by atoms with Gasteiger partial charge in [0.05, 0.1) is 27.6 Å². The van der Waals surface area contributed by atoms with E-state index in [1.807, 2.05) is 85.3 Å². The number of rotatable bonds is 10. The number of benzene rings is 8. The number of imidazole rings is 2. The van der Waals surface area contributed by atoms with Gasteiger partial charge in [0.1, 0.15) is 5.58 Å². The fourth-order valence-electron chi connectivity index (χ4n) is 12.6. The van der Waals surface area contributed by atoms with Crippen molar-refractivity contribution < 1.29 is 24.5 Å². The number of aryl methyl sites for hydroxylation is 4. The monoisotopic (exact) mass is 1270 g/mol. The maximum Gasteiger partial charge on any atom is 3.00 e. The molecule has 1 aliphatic rings. The molecule has 410 valence electrons. The quantitative estimate of drug-likeness (QED) is 0.128. The topological polar surface area (TPSA) is 74.0 Å². The van der Waals surface area contributed by atoms with Crippen molar-refractivity contribution in [3.8, 4) is 61.7 Å². The number of para-hydroxylation sites is 3. The average molecular weight is 1270 g/mol. The maximum absolute atomic E-state index is 6.26. The van der Waals surface area contributed by atoms with Gasteiger partial charge in [-0.2, -0.15) is 0 Å². The van der Waals surface area contributed by atoms with Crippen LogP contribution in [0.15, 0.2) is 223 Å². The predicted molar refractivity (Wildman–Crippen MR) is 339 cm³/mol. The molecule has 0 aliphatic heterocycles. The molecule has 7 nitrogen and oxygen atoms in total. The Balaban J connectivity index is 0.000000163. The molecule has 8 heteroatoms. The summed E-state index contributed by atoms with van der Waals surface area (Å²) in [4.78, 5) is 19.4. The van der Waals surface area contributed by atoms with Crippen molar-refractivity contribution >= 4 is 49.8 Å². The van der Waals surface area contributed by atoms with E-state index in [-0.39, 0.29) is 20.1 Å². The van der Waals surface area contributed by atoms with Crippen LogP contribution in [0.2, 0.25) is 0 Å². The molecule has 0 saturated heterocycles. The number of aromatic nitrogens is 6. The van der Waals surface area contributed by atoms with E-state index in [9.17, 15) is 0 Å². The predicted octanol–water partition coefficient (Wildman–Crippen LogP) is 19.0. The van der Waals surface area contributed by atoms with Gasteiger partial charge in [0.25, 0.3) is 0 Å². The second kappa shape index (κ2) is 22.9. The maximum atomic E-state index is 6.26. The number of nitrogens with zero attached hydrogens (tertiary/aromatic N) is 6. The van der Waals surface area contributed by atoms with Crippen molar-refractivity contribution in [1.29, 1.82) is 0 Å². The van der Waals surface area contributed by atoms with Crippen LogP contribution in [0.3, 0.4) is 0 Å². The molecule has 8 aromatic carbocycles. The van der Waals surface area contributed by atoms with Gasteiger partial charge < -0.3 is 19.4 Å². The number of hydrogen-bond acceptors (Lipinski definition) is 5. The molecule has 0 radical (unpaired) electrons. The van der Waals surface area contributed by atoms with Crippen molar-refractivity contribution in [1.82, 2.24) is 28.9 Å². The Kier molecular flexibility index (Phi) is 14.8. The van der Waals surface area contributed by atoms with Crippen molar-refractivity contribution in [2.75, 3.05) is 0 Å². The number of pyridine rings is 3. The van der Waals surface area contributed by atoms with Crippen LogP contribution in [-0.2, 0) is 32.9 Å². The van der Waals surface area contributed by atoms with Gasteiger partial charge in [0.15, 0.2) is 0 Å². The summed E-state index contributed by atoms with van der Waals surface area (Å²) in [6.07, 6.45) is 12.6. The minimum absolute atomic E-state index is 0. The summed E-state index contributed by atoms with van der Waals surface area (Å²) >= 11 is 0. The van der Waals surface area contributed by atoms with Crippen molar-refractivity contribution in [3.63, 3.8) is 0 Å². The standard InChI is InChI=1S/C43H29N5.C33H32NO.Ir/c1-3-12-31(13-4-1)41-32(16-11-27-45-41)24-22-30-23-25-39-40(28-30)48-42-36(33-14-9-15-34(29-33)37-20-7-8-26-44-37)19-10-21-38(42)46-43(48)47(39)35-17-5-2-6-18-35;1-21-18-24(23-14-16-33(3,4)17-15-23)12-13-25(21)29-19-30(34-20-22(29)2)28-10-7-9-27-26-8-5-6-11-31(26)35-32(27)28;/h1-12,14,16-21,23,25-29H,22,24H2;5-9,11-13,18-20,23H,14-17H2,1-4H3;/q-2;-1;+3. The molecule has 14 aromatic rings. The molecule has 0 amide bonds. The molecule has 84 heavy (non-hydrogen) atoms. The summed E-state index contributed by atoms with van der Waals surface area (Å²) in [6.45, 7) is 9.21. The van der Waals surface area contributed by atoms with E-state index in [4.69, 9.17) is 19.4 Å². The molecule has 6 aromatic heterocycles. The Labute approximate surface area is 504 Å². The Morgan fingerprint density at radius 2 is 1.39 bits per heavy atom. The number of fused-ring (bicyclic) bond motifs is 8. The van der Waals surface area contributed by atoms with Gasteiger partial charge in [-0.1, -0.05) is 133 Å².